The van der Waals surface area contributed by atoms with Crippen molar-refractivity contribution in [2.75, 3.05) is 12.5 Å². The van der Waals surface area contributed by atoms with E-state index < -0.39 is 0 Å². The zero-order chi connectivity index (χ0) is 17.2. The second-order valence-corrected chi connectivity index (χ2v) is 7.91. The molecule has 0 saturated heterocycles. The third-order valence-electron chi connectivity index (χ3n) is 5.00. The van der Waals surface area contributed by atoms with Gasteiger partial charge in [0, 0.05) is 32.9 Å². The van der Waals surface area contributed by atoms with Crippen LogP contribution in [0.4, 0.5) is 0 Å². The van der Waals surface area contributed by atoms with E-state index in [-0.39, 0.29) is 0 Å². The summed E-state index contributed by atoms with van der Waals surface area (Å²) < 4.78 is 6.86. The lowest BCUT2D eigenvalue weighted by atomic mass is 9.82. The van der Waals surface area contributed by atoms with Crippen LogP contribution in [0.1, 0.15) is 42.0 Å². The molecule has 4 rings (SSSR count). The number of alkyl halides is 1. The number of nitrogens with one attached hydrogen (secondary N) is 1. The first-order valence-electron chi connectivity index (χ1n) is 8.85. The average molecular weight is 419 g/mol. The van der Waals surface area contributed by atoms with Crippen molar-refractivity contribution >= 4 is 38.4 Å². The molecule has 2 nitrogen and oxygen atoms in total. The first kappa shape index (κ1) is 17.0. The Labute approximate surface area is 161 Å². The summed E-state index contributed by atoms with van der Waals surface area (Å²) in [4.78, 5) is 3.68. The number of hydrogen-bond acceptors (Lipinski definition) is 1. The van der Waals surface area contributed by atoms with Gasteiger partial charge in [-0.25, -0.2) is 0 Å². The molecule has 1 N–H and O–H groups in total. The highest BCUT2D eigenvalue weighted by Crippen LogP contribution is 2.40. The summed E-state index contributed by atoms with van der Waals surface area (Å²) in [5.41, 5.74) is 5.46. The van der Waals surface area contributed by atoms with Gasteiger partial charge in [-0.3, -0.25) is 0 Å². The number of rotatable bonds is 5. The number of ether oxygens (including phenoxy) is 1. The summed E-state index contributed by atoms with van der Waals surface area (Å²) in [6.45, 7) is 0.674. The van der Waals surface area contributed by atoms with Crippen molar-refractivity contribution in [3.05, 3.63) is 63.8 Å². The smallest absolute Gasteiger partial charge is 0.119 e. The van der Waals surface area contributed by atoms with E-state index in [0.717, 1.165) is 23.1 Å². The Bertz CT molecular complexity index is 871. The van der Waals surface area contributed by atoms with Crippen LogP contribution in [-0.2, 0) is 6.42 Å². The fourth-order valence-corrected chi connectivity index (χ4v) is 4.28. The van der Waals surface area contributed by atoms with Crippen LogP contribution in [0.2, 0.25) is 0 Å². The van der Waals surface area contributed by atoms with Gasteiger partial charge >= 0.3 is 0 Å². The molecule has 4 heteroatoms. The van der Waals surface area contributed by atoms with Gasteiger partial charge in [-0.15, -0.1) is 11.6 Å². The van der Waals surface area contributed by atoms with Gasteiger partial charge in [0.15, 0.2) is 0 Å². The molecule has 2 aromatic carbocycles. The molecule has 1 aliphatic rings. The van der Waals surface area contributed by atoms with Crippen LogP contribution in [0.3, 0.4) is 0 Å². The van der Waals surface area contributed by atoms with E-state index in [1.807, 2.05) is 0 Å². The van der Waals surface area contributed by atoms with E-state index in [1.54, 1.807) is 0 Å². The predicted molar refractivity (Wildman–Crippen MR) is 108 cm³/mol. The summed E-state index contributed by atoms with van der Waals surface area (Å²) in [6.07, 6.45) is 4.44. The van der Waals surface area contributed by atoms with Gasteiger partial charge in [0.1, 0.15) is 5.75 Å². The van der Waals surface area contributed by atoms with Crippen molar-refractivity contribution in [1.29, 1.82) is 0 Å². The Morgan fingerprint density at radius 2 is 2.00 bits per heavy atom. The maximum absolute atomic E-state index is 5.72. The number of aryl methyl sites for hydroxylation is 1. The van der Waals surface area contributed by atoms with Gasteiger partial charge in [0.2, 0.25) is 0 Å². The molecule has 0 spiro atoms. The van der Waals surface area contributed by atoms with Crippen LogP contribution in [0.15, 0.2) is 46.9 Å². The largest absolute Gasteiger partial charge is 0.494 e. The molecule has 1 aliphatic carbocycles. The molecule has 130 valence electrons. The molecule has 0 aliphatic heterocycles. The SMILES string of the molecule is ClCCCOc1ccc(C2CCCc3c2[nH]c2ccc(Br)cc32)cc1. The van der Waals surface area contributed by atoms with Crippen molar-refractivity contribution in [3.8, 4) is 5.75 Å². The lowest BCUT2D eigenvalue weighted by Gasteiger charge is -2.23. The molecule has 0 fully saturated rings. The summed E-state index contributed by atoms with van der Waals surface area (Å²) in [7, 11) is 0. The number of H-pyrrole nitrogens is 1. The minimum absolute atomic E-state index is 0.437. The Kier molecular flexibility index (Phi) is 5.05. The molecule has 3 aromatic rings. The lowest BCUT2D eigenvalue weighted by molar-refractivity contribution is 0.318. The van der Waals surface area contributed by atoms with Gasteiger partial charge in [-0.1, -0.05) is 28.1 Å². The van der Waals surface area contributed by atoms with E-state index in [2.05, 4.69) is 63.4 Å². The van der Waals surface area contributed by atoms with Crippen LogP contribution in [0.5, 0.6) is 5.75 Å². The van der Waals surface area contributed by atoms with Gasteiger partial charge < -0.3 is 9.72 Å². The Morgan fingerprint density at radius 1 is 1.16 bits per heavy atom. The van der Waals surface area contributed by atoms with Crippen LogP contribution in [-0.4, -0.2) is 17.5 Å². The first-order valence-corrected chi connectivity index (χ1v) is 10.2. The highest BCUT2D eigenvalue weighted by Gasteiger charge is 2.25. The zero-order valence-corrected chi connectivity index (χ0v) is 16.4. The number of fused-ring (bicyclic) bond motifs is 3. The normalized spacial score (nSPS) is 16.8. The zero-order valence-electron chi connectivity index (χ0n) is 14.0. The molecule has 25 heavy (non-hydrogen) atoms. The minimum atomic E-state index is 0.437. The van der Waals surface area contributed by atoms with E-state index >= 15 is 0 Å². The predicted octanol–water partition coefficient (Wildman–Crippen LogP) is 6.41. The maximum Gasteiger partial charge on any atom is 0.119 e. The average Bonchev–Trinajstić information content (AvgIpc) is 3.00. The topological polar surface area (TPSA) is 25.0 Å². The van der Waals surface area contributed by atoms with Crippen molar-refractivity contribution in [2.24, 2.45) is 0 Å². The number of aromatic amines is 1. The molecular weight excluding hydrogens is 398 g/mol. The van der Waals surface area contributed by atoms with Gasteiger partial charge in [0.05, 0.1) is 6.61 Å². The molecule has 1 atom stereocenters. The second-order valence-electron chi connectivity index (χ2n) is 6.61. The van der Waals surface area contributed by atoms with E-state index in [4.69, 9.17) is 16.3 Å². The molecule has 0 saturated carbocycles. The van der Waals surface area contributed by atoms with E-state index in [1.165, 1.54) is 40.6 Å². The Morgan fingerprint density at radius 3 is 2.80 bits per heavy atom. The summed E-state index contributed by atoms with van der Waals surface area (Å²) in [5.74, 6) is 2.00. The molecule has 1 unspecified atom stereocenters. The maximum atomic E-state index is 5.72. The molecule has 0 radical (unpaired) electrons. The fourth-order valence-electron chi connectivity index (χ4n) is 3.81. The molecular formula is C21H21BrClNO. The van der Waals surface area contributed by atoms with Gasteiger partial charge in [0.25, 0.3) is 0 Å². The minimum Gasteiger partial charge on any atom is -0.494 e. The number of halogens is 2. The van der Waals surface area contributed by atoms with Crippen molar-refractivity contribution in [2.45, 2.75) is 31.6 Å². The highest BCUT2D eigenvalue weighted by molar-refractivity contribution is 9.10. The molecule has 0 amide bonds. The summed E-state index contributed by atoms with van der Waals surface area (Å²) >= 11 is 9.30. The Hall–Kier alpha value is -1.45. The third-order valence-corrected chi connectivity index (χ3v) is 5.76. The van der Waals surface area contributed by atoms with Crippen molar-refractivity contribution in [3.63, 3.8) is 0 Å². The molecule has 0 bridgehead atoms. The quantitative estimate of drug-likeness (QED) is 0.376. The van der Waals surface area contributed by atoms with Crippen LogP contribution < -0.4 is 4.74 Å². The van der Waals surface area contributed by atoms with Crippen LogP contribution >= 0.6 is 27.5 Å². The van der Waals surface area contributed by atoms with Crippen molar-refractivity contribution in [1.82, 2.24) is 4.98 Å². The fraction of sp³-hybridized carbons (Fsp3) is 0.333. The summed E-state index contributed by atoms with van der Waals surface area (Å²) in [6, 6.07) is 15.1. The van der Waals surface area contributed by atoms with Gasteiger partial charge in [-0.05, 0) is 67.1 Å². The monoisotopic (exact) mass is 417 g/mol. The van der Waals surface area contributed by atoms with Crippen molar-refractivity contribution < 1.29 is 4.74 Å². The summed E-state index contributed by atoms with van der Waals surface area (Å²) in [5, 5.41) is 1.36. The highest BCUT2D eigenvalue weighted by atomic mass is 79.9. The number of aromatic nitrogens is 1. The second kappa shape index (κ2) is 7.43. The first-order chi connectivity index (χ1) is 12.3. The standard InChI is InChI=1S/C21H21BrClNO/c22-15-7-10-20-19(13-15)18-4-1-3-17(21(18)24-20)14-5-8-16(9-6-14)25-12-2-11-23/h5-10,13,17,24H,1-4,11-12H2. The lowest BCUT2D eigenvalue weighted by Crippen LogP contribution is -2.10. The molecule has 1 heterocycles. The number of hydrogen-bond donors (Lipinski definition) is 1. The third kappa shape index (κ3) is 3.45. The van der Waals surface area contributed by atoms with E-state index in [9.17, 15) is 0 Å². The number of benzene rings is 2. The van der Waals surface area contributed by atoms with Gasteiger partial charge in [-0.2, -0.15) is 0 Å². The van der Waals surface area contributed by atoms with Crippen LogP contribution in [0, 0.1) is 0 Å². The van der Waals surface area contributed by atoms with E-state index in [0.29, 0.717) is 18.4 Å². The Balaban J connectivity index is 1.63. The van der Waals surface area contributed by atoms with Crippen LogP contribution in [0.25, 0.3) is 10.9 Å². The molecule has 1 aromatic heterocycles.